The zero-order chi connectivity index (χ0) is 35.0. The van der Waals surface area contributed by atoms with Crippen molar-refractivity contribution in [1.82, 2.24) is 14.5 Å². The van der Waals surface area contributed by atoms with Gasteiger partial charge in [-0.05, 0) is 59.3 Å². The van der Waals surface area contributed by atoms with Crippen molar-refractivity contribution in [2.75, 3.05) is 0 Å². The van der Waals surface area contributed by atoms with Crippen molar-refractivity contribution in [2.45, 2.75) is 26.6 Å². The maximum Gasteiger partial charge on any atom is 0.120 e. The molecule has 1 radical (unpaired) electrons. The van der Waals surface area contributed by atoms with Crippen molar-refractivity contribution in [1.29, 1.82) is 0 Å². The number of furan rings is 1. The van der Waals surface area contributed by atoms with E-state index in [1.165, 1.54) is 16.3 Å². The van der Waals surface area contributed by atoms with Crippen molar-refractivity contribution in [3.63, 3.8) is 0 Å². The van der Waals surface area contributed by atoms with Crippen LogP contribution in [-0.2, 0) is 20.1 Å². The maximum absolute atomic E-state index is 6.33. The van der Waals surface area contributed by atoms with Gasteiger partial charge >= 0.3 is 0 Å². The van der Waals surface area contributed by atoms with Crippen LogP contribution >= 0.6 is 0 Å². The first-order chi connectivity index (χ1) is 24.8. The first-order valence-corrected chi connectivity index (χ1v) is 20.7. The van der Waals surface area contributed by atoms with E-state index in [1.807, 2.05) is 54.6 Å². The molecule has 257 valence electrons. The van der Waals surface area contributed by atoms with Gasteiger partial charge in [-0.1, -0.05) is 115 Å². The third-order valence-corrected chi connectivity index (χ3v) is 11.4. The van der Waals surface area contributed by atoms with E-state index < -0.39 is 8.07 Å². The van der Waals surface area contributed by atoms with Gasteiger partial charge in [-0.3, -0.25) is 4.98 Å². The minimum atomic E-state index is -1.27. The SMILES string of the molecule is Cc1cc(-c2[c-]cccc2)ncc1[Si](C)(C)C.[Ir].[c-]1ccc2c(oc3ccccc32)c1-c1nc2ccccc2n1-c1cccc(-c2ccccc2)c1. The standard InChI is InChI=1S/C31H19N2O.C15H18NSi.Ir/c1-2-10-21(11-3-1)22-12-8-13-23(20-22)33-28-18-6-5-17-27(28)32-31(33)26-16-9-15-25-24-14-4-7-19-29(24)34-30(25)26;1-12-10-14(13-8-6-5-7-9-13)16-11-15(12)17(2,3)4;/h1-15,17-20H;5-8,10-11H,1-4H3;/q2*-1;. The van der Waals surface area contributed by atoms with Gasteiger partial charge in [0, 0.05) is 37.4 Å². The molecule has 6 heteroatoms. The van der Waals surface area contributed by atoms with E-state index in [1.54, 1.807) is 0 Å². The predicted molar refractivity (Wildman–Crippen MR) is 214 cm³/mol. The van der Waals surface area contributed by atoms with E-state index in [4.69, 9.17) is 9.40 Å². The number of aromatic nitrogens is 3. The maximum atomic E-state index is 6.33. The van der Waals surface area contributed by atoms with Gasteiger partial charge < -0.3 is 14.0 Å². The van der Waals surface area contributed by atoms with E-state index >= 15 is 0 Å². The molecule has 0 saturated carbocycles. The number of imidazole rings is 1. The second kappa shape index (κ2) is 14.7. The van der Waals surface area contributed by atoms with E-state index in [-0.39, 0.29) is 20.1 Å². The van der Waals surface area contributed by atoms with Crippen molar-refractivity contribution in [3.8, 4) is 39.5 Å². The van der Waals surface area contributed by atoms with E-state index in [0.717, 1.165) is 66.9 Å². The van der Waals surface area contributed by atoms with Crippen molar-refractivity contribution >= 4 is 46.2 Å². The average Bonchev–Trinajstić information content (AvgIpc) is 3.74. The monoisotopic (exact) mass is 868 g/mol. The molecule has 0 saturated heterocycles. The van der Waals surface area contributed by atoms with Crippen molar-refractivity contribution < 1.29 is 24.5 Å². The van der Waals surface area contributed by atoms with Crippen LogP contribution in [0.15, 0.2) is 156 Å². The second-order valence-electron chi connectivity index (χ2n) is 13.8. The number of pyridine rings is 1. The molecule has 0 fully saturated rings. The Morgan fingerprint density at radius 2 is 1.42 bits per heavy atom. The van der Waals surface area contributed by atoms with Gasteiger partial charge in [-0.2, -0.15) is 0 Å². The molecule has 0 aliphatic carbocycles. The molecule has 0 unspecified atom stereocenters. The quantitative estimate of drug-likeness (QED) is 0.128. The largest absolute Gasteiger partial charge is 0.501 e. The Labute approximate surface area is 319 Å². The van der Waals surface area contributed by atoms with Gasteiger partial charge in [-0.25, -0.2) is 0 Å². The van der Waals surface area contributed by atoms with Crippen LogP contribution in [-0.4, -0.2) is 22.6 Å². The average molecular weight is 868 g/mol. The number of aryl methyl sites for hydroxylation is 1. The molecular weight excluding hydrogens is 831 g/mol. The molecule has 0 aliphatic rings. The molecular formula is C46H37IrN3OSi-2. The zero-order valence-electron chi connectivity index (χ0n) is 29.5. The summed E-state index contributed by atoms with van der Waals surface area (Å²) in [6.07, 6.45) is 2.05. The van der Waals surface area contributed by atoms with Crippen LogP contribution in [0, 0.1) is 19.1 Å². The second-order valence-corrected chi connectivity index (χ2v) is 18.8. The number of hydrogen-bond acceptors (Lipinski definition) is 3. The molecule has 0 spiro atoms. The summed E-state index contributed by atoms with van der Waals surface area (Å²) in [6.45, 7) is 9.24. The Balaban J connectivity index is 0.000000198. The fraction of sp³-hybridized carbons (Fsp3) is 0.0870. The molecule has 4 nitrogen and oxygen atoms in total. The molecule has 9 rings (SSSR count). The van der Waals surface area contributed by atoms with Gasteiger partial charge in [0.1, 0.15) is 5.58 Å². The van der Waals surface area contributed by atoms with Crippen molar-refractivity contribution in [2.24, 2.45) is 0 Å². The fourth-order valence-electron chi connectivity index (χ4n) is 6.81. The van der Waals surface area contributed by atoms with Crippen LogP contribution in [0.3, 0.4) is 0 Å². The van der Waals surface area contributed by atoms with E-state index in [0.29, 0.717) is 0 Å². The minimum absolute atomic E-state index is 0. The fourth-order valence-corrected chi connectivity index (χ4v) is 8.51. The first kappa shape index (κ1) is 35.0. The Hall–Kier alpha value is -5.39. The van der Waals surface area contributed by atoms with Gasteiger partial charge in [0.25, 0.3) is 0 Å². The Morgan fingerprint density at radius 3 is 2.21 bits per heavy atom. The predicted octanol–water partition coefficient (Wildman–Crippen LogP) is 11.5. The number of rotatable bonds is 5. The summed E-state index contributed by atoms with van der Waals surface area (Å²) in [5.41, 5.74) is 11.3. The van der Waals surface area contributed by atoms with Crippen LogP contribution in [0.4, 0.5) is 0 Å². The normalized spacial score (nSPS) is 11.3. The molecule has 0 atom stereocenters. The minimum Gasteiger partial charge on any atom is -0.501 e. The summed E-state index contributed by atoms with van der Waals surface area (Å²) >= 11 is 0. The van der Waals surface area contributed by atoms with Crippen LogP contribution in [0.1, 0.15) is 5.56 Å². The van der Waals surface area contributed by atoms with Gasteiger partial charge in [0.15, 0.2) is 0 Å². The van der Waals surface area contributed by atoms with Gasteiger partial charge in [-0.15, -0.1) is 54.1 Å². The number of nitrogens with zero attached hydrogens (tertiary/aromatic N) is 3. The van der Waals surface area contributed by atoms with Crippen LogP contribution < -0.4 is 5.19 Å². The molecule has 52 heavy (non-hydrogen) atoms. The van der Waals surface area contributed by atoms with Crippen molar-refractivity contribution in [3.05, 3.63) is 169 Å². The van der Waals surface area contributed by atoms with Crippen LogP contribution in [0.5, 0.6) is 0 Å². The molecule has 0 amide bonds. The molecule has 3 aromatic heterocycles. The number of para-hydroxylation sites is 3. The third kappa shape index (κ3) is 6.81. The Kier molecular flexibility index (Phi) is 9.89. The molecule has 9 aromatic rings. The van der Waals surface area contributed by atoms with E-state index in [2.05, 4.69) is 145 Å². The topological polar surface area (TPSA) is 43.9 Å². The van der Waals surface area contributed by atoms with E-state index in [9.17, 15) is 0 Å². The summed E-state index contributed by atoms with van der Waals surface area (Å²) in [4.78, 5) is 9.63. The third-order valence-electron chi connectivity index (χ3n) is 9.24. The van der Waals surface area contributed by atoms with Gasteiger partial charge in [0.05, 0.1) is 30.5 Å². The molecule has 3 heterocycles. The van der Waals surface area contributed by atoms with Gasteiger partial charge in [0.2, 0.25) is 0 Å². The Bertz CT molecular complexity index is 2640. The van der Waals surface area contributed by atoms with Crippen LogP contribution in [0.2, 0.25) is 19.6 Å². The molecule has 0 N–H and O–H groups in total. The summed E-state index contributed by atoms with van der Waals surface area (Å²) in [5, 5.41) is 3.61. The van der Waals surface area contributed by atoms with Crippen LogP contribution in [0.25, 0.3) is 72.4 Å². The summed E-state index contributed by atoms with van der Waals surface area (Å²) in [5.74, 6) is 0.816. The summed E-state index contributed by atoms with van der Waals surface area (Å²) in [7, 11) is -1.27. The zero-order valence-corrected chi connectivity index (χ0v) is 32.9. The molecule has 6 aromatic carbocycles. The summed E-state index contributed by atoms with van der Waals surface area (Å²) < 4.78 is 8.54. The first-order valence-electron chi connectivity index (χ1n) is 17.2. The smallest absolute Gasteiger partial charge is 0.120 e. The molecule has 0 bridgehead atoms. The number of benzene rings is 6. The molecule has 0 aliphatic heterocycles. The number of fused-ring (bicyclic) bond motifs is 4. The summed E-state index contributed by atoms with van der Waals surface area (Å²) in [6, 6.07) is 56.2. The Morgan fingerprint density at radius 1 is 0.673 bits per heavy atom. The number of hydrogen-bond donors (Lipinski definition) is 0.